The Labute approximate surface area is 114 Å². The van der Waals surface area contributed by atoms with E-state index < -0.39 is 0 Å². The largest absolute Gasteiger partial charge is 0.409 e. The van der Waals surface area contributed by atoms with Gasteiger partial charge in [0.2, 0.25) is 5.91 Å². The van der Waals surface area contributed by atoms with E-state index in [2.05, 4.69) is 10.5 Å². The van der Waals surface area contributed by atoms with Gasteiger partial charge in [0.15, 0.2) is 5.84 Å². The number of rotatable bonds is 5. The third kappa shape index (κ3) is 3.61. The molecule has 0 bridgehead atoms. The van der Waals surface area contributed by atoms with Crippen LogP contribution in [0.25, 0.3) is 0 Å². The molecule has 4 N–H and O–H groups in total. The zero-order valence-corrected chi connectivity index (χ0v) is 11.6. The number of amidine groups is 1. The first-order valence-corrected chi connectivity index (χ1v) is 7.41. The SMILES string of the molecule is CC(C(=O)NC(C(N)=NO)C1CCCCC1)C1CC1. The summed E-state index contributed by atoms with van der Waals surface area (Å²) in [5.41, 5.74) is 5.77. The molecule has 19 heavy (non-hydrogen) atoms. The molecular weight excluding hydrogens is 242 g/mol. The van der Waals surface area contributed by atoms with Crippen molar-refractivity contribution in [3.05, 3.63) is 0 Å². The third-order valence-electron chi connectivity index (χ3n) is 4.60. The summed E-state index contributed by atoms with van der Waals surface area (Å²) in [5, 5.41) is 15.0. The van der Waals surface area contributed by atoms with E-state index in [1.165, 1.54) is 6.42 Å². The molecule has 2 aliphatic carbocycles. The minimum Gasteiger partial charge on any atom is -0.409 e. The molecule has 0 aromatic carbocycles. The van der Waals surface area contributed by atoms with E-state index >= 15 is 0 Å². The Bertz CT molecular complexity index is 347. The molecule has 2 fully saturated rings. The van der Waals surface area contributed by atoms with Gasteiger partial charge in [-0.1, -0.05) is 31.3 Å². The van der Waals surface area contributed by atoms with Crippen LogP contribution in [0.1, 0.15) is 51.9 Å². The number of oxime groups is 1. The van der Waals surface area contributed by atoms with E-state index in [1.807, 2.05) is 6.92 Å². The highest BCUT2D eigenvalue weighted by Gasteiger charge is 2.35. The first-order valence-electron chi connectivity index (χ1n) is 7.41. The quantitative estimate of drug-likeness (QED) is 0.307. The number of carbonyl (C=O) groups excluding carboxylic acids is 1. The third-order valence-corrected chi connectivity index (χ3v) is 4.60. The van der Waals surface area contributed by atoms with Gasteiger partial charge < -0.3 is 16.3 Å². The Morgan fingerprint density at radius 2 is 1.84 bits per heavy atom. The molecule has 5 nitrogen and oxygen atoms in total. The van der Waals surface area contributed by atoms with Crippen LogP contribution in [0, 0.1) is 17.8 Å². The second-order valence-electron chi connectivity index (χ2n) is 6.04. The van der Waals surface area contributed by atoms with Crippen LogP contribution in [0.3, 0.4) is 0 Å². The maximum atomic E-state index is 12.2. The Kier molecular flexibility index (Phi) is 4.66. The van der Waals surface area contributed by atoms with Gasteiger partial charge in [0.25, 0.3) is 0 Å². The predicted octanol–water partition coefficient (Wildman–Crippen LogP) is 1.84. The standard InChI is InChI=1S/C14H25N3O2/c1-9(10-7-8-10)14(18)16-12(13(15)17-19)11-5-3-2-4-6-11/h9-12,19H,2-8H2,1H3,(H2,15,17)(H,16,18). The molecule has 108 valence electrons. The molecule has 0 aromatic heterocycles. The summed E-state index contributed by atoms with van der Waals surface area (Å²) in [6.45, 7) is 1.97. The molecule has 5 heteroatoms. The lowest BCUT2D eigenvalue weighted by Gasteiger charge is -2.30. The molecule has 0 aromatic rings. The average molecular weight is 267 g/mol. The van der Waals surface area contributed by atoms with Gasteiger partial charge in [0.1, 0.15) is 0 Å². The number of hydrogen-bond donors (Lipinski definition) is 3. The average Bonchev–Trinajstić information content (AvgIpc) is 3.28. The number of carbonyl (C=O) groups is 1. The van der Waals surface area contributed by atoms with Gasteiger partial charge >= 0.3 is 0 Å². The predicted molar refractivity (Wildman–Crippen MR) is 73.8 cm³/mol. The highest BCUT2D eigenvalue weighted by Crippen LogP contribution is 2.37. The van der Waals surface area contributed by atoms with Gasteiger partial charge in [-0.3, -0.25) is 4.79 Å². The van der Waals surface area contributed by atoms with E-state index in [-0.39, 0.29) is 23.7 Å². The van der Waals surface area contributed by atoms with Crippen molar-refractivity contribution in [3.8, 4) is 0 Å². The summed E-state index contributed by atoms with van der Waals surface area (Å²) in [6.07, 6.45) is 7.93. The van der Waals surface area contributed by atoms with Gasteiger partial charge in [0.05, 0.1) is 6.04 Å². The topological polar surface area (TPSA) is 87.7 Å². The smallest absolute Gasteiger partial charge is 0.223 e. The van der Waals surface area contributed by atoms with Crippen LogP contribution in [0.2, 0.25) is 0 Å². The fraction of sp³-hybridized carbons (Fsp3) is 0.857. The first kappa shape index (κ1) is 14.2. The van der Waals surface area contributed by atoms with Gasteiger partial charge in [-0.15, -0.1) is 0 Å². The lowest BCUT2D eigenvalue weighted by molar-refractivity contribution is -0.125. The van der Waals surface area contributed by atoms with Crippen LogP contribution < -0.4 is 11.1 Å². The van der Waals surface area contributed by atoms with Crippen molar-refractivity contribution in [2.45, 2.75) is 57.9 Å². The highest BCUT2D eigenvalue weighted by atomic mass is 16.4. The second kappa shape index (κ2) is 6.26. The summed E-state index contributed by atoms with van der Waals surface area (Å²) < 4.78 is 0. The maximum absolute atomic E-state index is 12.2. The summed E-state index contributed by atoms with van der Waals surface area (Å²) in [4.78, 5) is 12.2. The minimum absolute atomic E-state index is 0.0394. The Morgan fingerprint density at radius 1 is 1.21 bits per heavy atom. The molecule has 0 spiro atoms. The number of nitrogens with two attached hydrogens (primary N) is 1. The van der Waals surface area contributed by atoms with Gasteiger partial charge in [0, 0.05) is 5.92 Å². The lowest BCUT2D eigenvalue weighted by Crippen LogP contribution is -2.51. The van der Waals surface area contributed by atoms with Gasteiger partial charge in [-0.2, -0.15) is 0 Å². The molecule has 0 saturated heterocycles. The Morgan fingerprint density at radius 3 is 2.37 bits per heavy atom. The maximum Gasteiger partial charge on any atom is 0.223 e. The van der Waals surface area contributed by atoms with Crippen LogP contribution >= 0.6 is 0 Å². The molecule has 0 heterocycles. The highest BCUT2D eigenvalue weighted by molar-refractivity contribution is 5.90. The molecule has 2 unspecified atom stereocenters. The Hall–Kier alpha value is -1.26. The number of amides is 1. The Balaban J connectivity index is 1.98. The van der Waals surface area contributed by atoms with Crippen molar-refractivity contribution in [3.63, 3.8) is 0 Å². The second-order valence-corrected chi connectivity index (χ2v) is 6.04. The summed E-state index contributed by atoms with van der Waals surface area (Å²) in [7, 11) is 0. The van der Waals surface area contributed by atoms with E-state index in [1.54, 1.807) is 0 Å². The molecule has 0 aliphatic heterocycles. The van der Waals surface area contributed by atoms with Crippen molar-refractivity contribution in [1.29, 1.82) is 0 Å². The molecule has 1 amide bonds. The normalized spacial score (nSPS) is 24.8. The number of hydrogen-bond acceptors (Lipinski definition) is 3. The molecule has 2 rings (SSSR count). The van der Waals surface area contributed by atoms with Crippen LogP contribution in [0.15, 0.2) is 5.16 Å². The fourth-order valence-electron chi connectivity index (χ4n) is 3.06. The van der Waals surface area contributed by atoms with E-state index in [0.717, 1.165) is 38.5 Å². The van der Waals surface area contributed by atoms with Crippen LogP contribution in [0.4, 0.5) is 0 Å². The van der Waals surface area contributed by atoms with E-state index in [4.69, 9.17) is 10.9 Å². The zero-order valence-electron chi connectivity index (χ0n) is 11.6. The van der Waals surface area contributed by atoms with Crippen LogP contribution in [-0.2, 0) is 4.79 Å². The number of nitrogens with zero attached hydrogens (tertiary/aromatic N) is 1. The summed E-state index contributed by atoms with van der Waals surface area (Å²) in [6, 6.07) is -0.306. The molecular formula is C14H25N3O2. The van der Waals surface area contributed by atoms with Crippen LogP contribution in [0.5, 0.6) is 0 Å². The van der Waals surface area contributed by atoms with E-state index in [9.17, 15) is 4.79 Å². The van der Waals surface area contributed by atoms with Gasteiger partial charge in [-0.05, 0) is 37.5 Å². The van der Waals surface area contributed by atoms with Crippen LogP contribution in [-0.4, -0.2) is 23.0 Å². The minimum atomic E-state index is -0.306. The molecule has 2 aliphatic rings. The summed E-state index contributed by atoms with van der Waals surface area (Å²) >= 11 is 0. The van der Waals surface area contributed by atoms with Crippen molar-refractivity contribution in [2.75, 3.05) is 0 Å². The molecule has 2 saturated carbocycles. The first-order chi connectivity index (χ1) is 9.13. The molecule has 0 radical (unpaired) electrons. The number of nitrogens with one attached hydrogen (secondary N) is 1. The van der Waals surface area contributed by atoms with Crippen molar-refractivity contribution >= 4 is 11.7 Å². The molecule has 2 atom stereocenters. The van der Waals surface area contributed by atoms with Crippen molar-refractivity contribution in [2.24, 2.45) is 28.6 Å². The monoisotopic (exact) mass is 267 g/mol. The summed E-state index contributed by atoms with van der Waals surface area (Å²) in [5.74, 6) is 1.06. The van der Waals surface area contributed by atoms with Crippen molar-refractivity contribution in [1.82, 2.24) is 5.32 Å². The zero-order chi connectivity index (χ0) is 13.8. The fourth-order valence-corrected chi connectivity index (χ4v) is 3.06. The van der Waals surface area contributed by atoms with Gasteiger partial charge in [-0.25, -0.2) is 0 Å². The lowest BCUT2D eigenvalue weighted by atomic mass is 9.83. The van der Waals surface area contributed by atoms with Crippen molar-refractivity contribution < 1.29 is 10.0 Å². The van der Waals surface area contributed by atoms with E-state index in [0.29, 0.717) is 11.8 Å².